The minimum atomic E-state index is -0.323. The van der Waals surface area contributed by atoms with E-state index in [1.165, 1.54) is 4.90 Å². The third kappa shape index (κ3) is 4.14. The van der Waals surface area contributed by atoms with Crippen LogP contribution in [-0.4, -0.2) is 54.8 Å². The summed E-state index contributed by atoms with van der Waals surface area (Å²) in [6, 6.07) is 13.6. The van der Waals surface area contributed by atoms with Gasteiger partial charge in [0, 0.05) is 37.7 Å². The molecule has 2 heterocycles. The molecule has 8 heteroatoms. The number of benzene rings is 2. The molecule has 1 atom stereocenters. The van der Waals surface area contributed by atoms with Crippen molar-refractivity contribution in [1.82, 2.24) is 10.2 Å². The van der Waals surface area contributed by atoms with Crippen LogP contribution < -0.4 is 15.0 Å². The summed E-state index contributed by atoms with van der Waals surface area (Å²) in [6.45, 7) is 0.565. The highest BCUT2D eigenvalue weighted by molar-refractivity contribution is 6.21. The second-order valence-electron chi connectivity index (χ2n) is 7.59. The molecule has 0 spiro atoms. The summed E-state index contributed by atoms with van der Waals surface area (Å²) in [6.07, 6.45) is 0.746. The van der Waals surface area contributed by atoms with E-state index in [0.29, 0.717) is 29.8 Å². The van der Waals surface area contributed by atoms with Gasteiger partial charge in [-0.25, -0.2) is 0 Å². The van der Waals surface area contributed by atoms with E-state index in [1.807, 2.05) is 12.1 Å². The first-order valence-corrected chi connectivity index (χ1v) is 10.2. The molecule has 0 bridgehead atoms. The highest BCUT2D eigenvalue weighted by atomic mass is 16.5. The number of hydrogen-bond acceptors (Lipinski definition) is 5. The normalized spacial score (nSPS) is 17.8. The van der Waals surface area contributed by atoms with Gasteiger partial charge in [-0.15, -0.1) is 0 Å². The molecule has 8 nitrogen and oxygen atoms in total. The molecule has 160 valence electrons. The Balaban J connectivity index is 1.27. The minimum absolute atomic E-state index is 0.0652. The third-order valence-corrected chi connectivity index (χ3v) is 5.52. The van der Waals surface area contributed by atoms with E-state index in [4.69, 9.17) is 4.74 Å². The van der Waals surface area contributed by atoms with E-state index >= 15 is 0 Å². The maximum absolute atomic E-state index is 12.4. The Bertz CT molecular complexity index is 1020. The summed E-state index contributed by atoms with van der Waals surface area (Å²) in [4.78, 5) is 52.3. The van der Waals surface area contributed by atoms with Crippen LogP contribution in [0.1, 0.15) is 40.0 Å². The summed E-state index contributed by atoms with van der Waals surface area (Å²) in [5.74, 6) is -0.259. The van der Waals surface area contributed by atoms with Crippen LogP contribution in [0.5, 0.6) is 5.75 Å². The maximum Gasteiger partial charge on any atom is 0.261 e. The predicted octanol–water partition coefficient (Wildman–Crippen LogP) is 1.99. The Morgan fingerprint density at radius 1 is 1.06 bits per heavy atom. The number of anilines is 1. The average Bonchev–Trinajstić information content (AvgIpc) is 3.26. The molecule has 2 aromatic rings. The van der Waals surface area contributed by atoms with Gasteiger partial charge in [-0.3, -0.25) is 24.1 Å². The monoisotopic (exact) mass is 421 g/mol. The predicted molar refractivity (Wildman–Crippen MR) is 113 cm³/mol. The zero-order valence-corrected chi connectivity index (χ0v) is 17.2. The van der Waals surface area contributed by atoms with Crippen LogP contribution in [-0.2, 0) is 9.59 Å². The van der Waals surface area contributed by atoms with E-state index < -0.39 is 0 Å². The van der Waals surface area contributed by atoms with Crippen LogP contribution in [0, 0.1) is 0 Å². The fraction of sp³-hybridized carbons (Fsp3) is 0.304. The number of ether oxygens (including phenoxy) is 1. The first-order chi connectivity index (χ1) is 15.0. The molecule has 1 unspecified atom stereocenters. The Hall–Kier alpha value is -3.68. The molecule has 1 fully saturated rings. The highest BCUT2D eigenvalue weighted by Crippen LogP contribution is 2.26. The smallest absolute Gasteiger partial charge is 0.261 e. The first kappa shape index (κ1) is 20.6. The van der Waals surface area contributed by atoms with Gasteiger partial charge in [-0.05, 0) is 30.7 Å². The average molecular weight is 421 g/mol. The van der Waals surface area contributed by atoms with Crippen LogP contribution in [0.15, 0.2) is 48.5 Å². The van der Waals surface area contributed by atoms with Crippen molar-refractivity contribution in [3.8, 4) is 5.75 Å². The van der Waals surface area contributed by atoms with E-state index in [0.717, 1.165) is 5.69 Å². The zero-order chi connectivity index (χ0) is 22.0. The van der Waals surface area contributed by atoms with Crippen molar-refractivity contribution in [1.29, 1.82) is 0 Å². The summed E-state index contributed by atoms with van der Waals surface area (Å²) < 4.78 is 5.20. The van der Waals surface area contributed by atoms with Crippen LogP contribution in [0.25, 0.3) is 0 Å². The van der Waals surface area contributed by atoms with Crippen molar-refractivity contribution in [2.45, 2.75) is 25.3 Å². The summed E-state index contributed by atoms with van der Waals surface area (Å²) in [5.41, 5.74) is 1.53. The largest absolute Gasteiger partial charge is 0.497 e. The van der Waals surface area contributed by atoms with Crippen molar-refractivity contribution in [2.75, 3.05) is 25.1 Å². The molecule has 0 saturated carbocycles. The van der Waals surface area contributed by atoms with Crippen LogP contribution in [0.4, 0.5) is 5.69 Å². The van der Waals surface area contributed by atoms with Crippen molar-refractivity contribution in [3.63, 3.8) is 0 Å². The standard InChI is InChI=1S/C23H23N3O5/c1-31-17-7-4-6-16(13-17)26-14-15(12-21(26)28)24-20(27)10-5-11-25-22(29)18-8-2-3-9-19(18)23(25)30/h2-4,6-9,13,15H,5,10-12,14H2,1H3,(H,24,27). The molecule has 1 saturated heterocycles. The molecule has 0 aliphatic carbocycles. The highest BCUT2D eigenvalue weighted by Gasteiger charge is 2.35. The number of hydrogen-bond donors (Lipinski definition) is 1. The quantitative estimate of drug-likeness (QED) is 0.690. The summed E-state index contributed by atoms with van der Waals surface area (Å²) in [7, 11) is 1.57. The lowest BCUT2D eigenvalue weighted by molar-refractivity contribution is -0.121. The van der Waals surface area contributed by atoms with Crippen molar-refractivity contribution in [2.24, 2.45) is 0 Å². The van der Waals surface area contributed by atoms with Gasteiger partial charge in [-0.2, -0.15) is 0 Å². The fourth-order valence-corrected chi connectivity index (χ4v) is 3.97. The number of fused-ring (bicyclic) bond motifs is 1. The number of rotatable bonds is 7. The van der Waals surface area contributed by atoms with Gasteiger partial charge in [0.15, 0.2) is 0 Å². The fourth-order valence-electron chi connectivity index (χ4n) is 3.97. The number of carbonyl (C=O) groups is 4. The SMILES string of the molecule is COc1cccc(N2CC(NC(=O)CCCN3C(=O)c4ccccc4C3=O)CC2=O)c1. The van der Waals surface area contributed by atoms with Gasteiger partial charge in [0.05, 0.1) is 24.3 Å². The van der Waals surface area contributed by atoms with Gasteiger partial charge in [0.2, 0.25) is 11.8 Å². The molecule has 1 N–H and O–H groups in total. The number of nitrogens with zero attached hydrogens (tertiary/aromatic N) is 2. The second-order valence-corrected chi connectivity index (χ2v) is 7.59. The number of carbonyl (C=O) groups excluding carboxylic acids is 4. The van der Waals surface area contributed by atoms with Crippen molar-refractivity contribution >= 4 is 29.3 Å². The lowest BCUT2D eigenvalue weighted by atomic mass is 10.1. The number of methoxy groups -OCH3 is 1. The Morgan fingerprint density at radius 2 is 1.77 bits per heavy atom. The number of nitrogens with one attached hydrogen (secondary N) is 1. The molecular weight excluding hydrogens is 398 g/mol. The molecule has 31 heavy (non-hydrogen) atoms. The zero-order valence-electron chi connectivity index (χ0n) is 17.2. The van der Waals surface area contributed by atoms with E-state index in [2.05, 4.69) is 5.32 Å². The lowest BCUT2D eigenvalue weighted by Gasteiger charge is -2.18. The van der Waals surface area contributed by atoms with Crippen LogP contribution in [0.2, 0.25) is 0 Å². The van der Waals surface area contributed by atoms with E-state index in [1.54, 1.807) is 48.4 Å². The summed E-state index contributed by atoms with van der Waals surface area (Å²) in [5, 5.41) is 2.88. The molecule has 4 rings (SSSR count). The van der Waals surface area contributed by atoms with Gasteiger partial charge < -0.3 is 15.0 Å². The molecule has 0 aromatic heterocycles. The molecular formula is C23H23N3O5. The Labute approximate surface area is 179 Å². The second kappa shape index (κ2) is 8.59. The van der Waals surface area contributed by atoms with Gasteiger partial charge in [0.25, 0.3) is 11.8 Å². The third-order valence-electron chi connectivity index (χ3n) is 5.52. The summed E-state index contributed by atoms with van der Waals surface area (Å²) >= 11 is 0. The molecule has 2 aliphatic rings. The maximum atomic E-state index is 12.4. The lowest BCUT2D eigenvalue weighted by Crippen LogP contribution is -2.37. The molecule has 4 amide bonds. The van der Waals surface area contributed by atoms with Crippen molar-refractivity contribution < 1.29 is 23.9 Å². The van der Waals surface area contributed by atoms with Crippen molar-refractivity contribution in [3.05, 3.63) is 59.7 Å². The topological polar surface area (TPSA) is 96.0 Å². The number of imide groups is 1. The minimum Gasteiger partial charge on any atom is -0.497 e. The van der Waals surface area contributed by atoms with Gasteiger partial charge in [-0.1, -0.05) is 18.2 Å². The first-order valence-electron chi connectivity index (χ1n) is 10.2. The molecule has 2 aromatic carbocycles. The Kier molecular flexibility index (Phi) is 5.70. The molecule has 2 aliphatic heterocycles. The van der Waals surface area contributed by atoms with E-state index in [9.17, 15) is 19.2 Å². The van der Waals surface area contributed by atoms with E-state index in [-0.39, 0.29) is 49.1 Å². The Morgan fingerprint density at radius 3 is 2.45 bits per heavy atom. The number of amides is 4. The van der Waals surface area contributed by atoms with Gasteiger partial charge >= 0.3 is 0 Å². The van der Waals surface area contributed by atoms with Crippen LogP contribution >= 0.6 is 0 Å². The molecule has 0 radical (unpaired) electrons. The van der Waals surface area contributed by atoms with Crippen LogP contribution in [0.3, 0.4) is 0 Å². The van der Waals surface area contributed by atoms with Gasteiger partial charge in [0.1, 0.15) is 5.75 Å².